The molecule has 0 spiro atoms. The number of aliphatic hydroxyl groups is 1. The topological polar surface area (TPSA) is 88.5 Å². The van der Waals surface area contributed by atoms with Crippen molar-refractivity contribution in [3.05, 3.63) is 25.3 Å². The maximum absolute atomic E-state index is 11.8. The summed E-state index contributed by atoms with van der Waals surface area (Å²) in [5, 5.41) is 9.82. The van der Waals surface area contributed by atoms with E-state index in [1.54, 1.807) is 22.0 Å². The molecular weight excluding hydrogens is 516 g/mol. The number of amides is 2. The van der Waals surface area contributed by atoms with Crippen LogP contribution in [0.3, 0.4) is 0 Å². The summed E-state index contributed by atoms with van der Waals surface area (Å²) in [6.45, 7) is 22.4. The first kappa shape index (κ1) is 33.4. The smallest absolute Gasteiger partial charge is 0.410 e. The summed E-state index contributed by atoms with van der Waals surface area (Å²) in [5.74, 6) is 0.644. The van der Waals surface area contributed by atoms with Crippen molar-refractivity contribution in [2.24, 2.45) is 11.8 Å². The molecule has 0 aromatic carbocycles. The highest BCUT2D eigenvalue weighted by molar-refractivity contribution is 9.09. The van der Waals surface area contributed by atoms with Gasteiger partial charge in [-0.15, -0.1) is 13.2 Å². The van der Waals surface area contributed by atoms with Crippen molar-refractivity contribution in [1.82, 2.24) is 9.80 Å². The number of ether oxygens (including phenoxy) is 3. The zero-order valence-corrected chi connectivity index (χ0v) is 24.1. The second kappa shape index (κ2) is 17.0. The molecule has 0 saturated carbocycles. The predicted molar refractivity (Wildman–Crippen MR) is 144 cm³/mol. The molecule has 2 fully saturated rings. The molecule has 0 bridgehead atoms. The number of halogens is 1. The van der Waals surface area contributed by atoms with Crippen LogP contribution in [-0.2, 0) is 14.2 Å². The van der Waals surface area contributed by atoms with Gasteiger partial charge in [0.1, 0.15) is 11.2 Å². The van der Waals surface area contributed by atoms with Crippen molar-refractivity contribution in [3.8, 4) is 0 Å². The molecular formula is C26H47BrN2O6. The van der Waals surface area contributed by atoms with Gasteiger partial charge in [0.05, 0.1) is 13.2 Å². The van der Waals surface area contributed by atoms with E-state index in [2.05, 4.69) is 29.1 Å². The molecule has 0 radical (unpaired) electrons. The van der Waals surface area contributed by atoms with Crippen LogP contribution in [0.1, 0.15) is 54.4 Å². The molecule has 204 valence electrons. The zero-order chi connectivity index (χ0) is 27.1. The van der Waals surface area contributed by atoms with Crippen molar-refractivity contribution < 1.29 is 28.9 Å². The summed E-state index contributed by atoms with van der Waals surface area (Å²) < 4.78 is 15.9. The van der Waals surface area contributed by atoms with E-state index in [4.69, 9.17) is 19.3 Å². The largest absolute Gasteiger partial charge is 0.444 e. The minimum Gasteiger partial charge on any atom is -0.444 e. The average Bonchev–Trinajstić information content (AvgIpc) is 3.42. The van der Waals surface area contributed by atoms with E-state index >= 15 is 0 Å². The third-order valence-corrected chi connectivity index (χ3v) is 5.29. The molecule has 8 nitrogen and oxygen atoms in total. The number of likely N-dealkylation sites (tertiary alicyclic amines) is 2. The molecule has 0 aromatic rings. The number of carbonyl (C=O) groups excluding carboxylic acids is 2. The van der Waals surface area contributed by atoms with Gasteiger partial charge in [0.15, 0.2) is 0 Å². The van der Waals surface area contributed by atoms with E-state index < -0.39 is 11.2 Å². The van der Waals surface area contributed by atoms with E-state index in [0.717, 1.165) is 31.3 Å². The molecule has 2 atom stereocenters. The monoisotopic (exact) mass is 562 g/mol. The summed E-state index contributed by atoms with van der Waals surface area (Å²) in [4.78, 5) is 26.7. The predicted octanol–water partition coefficient (Wildman–Crippen LogP) is 5.25. The fourth-order valence-corrected chi connectivity index (χ4v) is 3.25. The second-order valence-corrected chi connectivity index (χ2v) is 11.3. The van der Waals surface area contributed by atoms with Crippen LogP contribution in [0.2, 0.25) is 0 Å². The van der Waals surface area contributed by atoms with E-state index in [1.165, 1.54) is 0 Å². The second-order valence-electron chi connectivity index (χ2n) is 10.6. The van der Waals surface area contributed by atoms with E-state index in [9.17, 15) is 9.59 Å². The van der Waals surface area contributed by atoms with E-state index in [0.29, 0.717) is 32.2 Å². The lowest BCUT2D eigenvalue weighted by Gasteiger charge is -2.24. The van der Waals surface area contributed by atoms with Gasteiger partial charge in [-0.3, -0.25) is 0 Å². The number of carbonyl (C=O) groups is 2. The maximum atomic E-state index is 11.8. The number of hydrogen-bond acceptors (Lipinski definition) is 6. The number of alkyl halides is 1. The van der Waals surface area contributed by atoms with Gasteiger partial charge >= 0.3 is 12.2 Å². The van der Waals surface area contributed by atoms with Crippen molar-refractivity contribution in [2.75, 3.05) is 51.3 Å². The molecule has 2 rings (SSSR count). The zero-order valence-electron chi connectivity index (χ0n) is 22.6. The fraction of sp³-hybridized carbons (Fsp3) is 0.769. The molecule has 2 heterocycles. The van der Waals surface area contributed by atoms with Gasteiger partial charge in [0.25, 0.3) is 0 Å². The van der Waals surface area contributed by atoms with Gasteiger partial charge < -0.3 is 29.1 Å². The third kappa shape index (κ3) is 16.7. The van der Waals surface area contributed by atoms with Crippen LogP contribution in [0.4, 0.5) is 9.59 Å². The van der Waals surface area contributed by atoms with Gasteiger partial charge in [0.2, 0.25) is 0 Å². The Balaban J connectivity index is 0.000000581. The molecule has 9 heteroatoms. The number of rotatable bonds is 6. The van der Waals surface area contributed by atoms with Gasteiger partial charge in [0, 0.05) is 50.0 Å². The Morgan fingerprint density at radius 2 is 1.34 bits per heavy atom. The third-order valence-electron chi connectivity index (χ3n) is 4.83. The van der Waals surface area contributed by atoms with Crippen LogP contribution >= 0.6 is 15.9 Å². The molecule has 2 aliphatic rings. The van der Waals surface area contributed by atoms with Crippen LogP contribution in [0.15, 0.2) is 25.3 Å². The van der Waals surface area contributed by atoms with Crippen LogP contribution in [0.5, 0.6) is 0 Å². The van der Waals surface area contributed by atoms with Crippen LogP contribution in [0.25, 0.3) is 0 Å². The van der Waals surface area contributed by atoms with Gasteiger partial charge in [-0.1, -0.05) is 28.1 Å². The maximum Gasteiger partial charge on any atom is 0.410 e. The van der Waals surface area contributed by atoms with Crippen LogP contribution in [-0.4, -0.2) is 89.6 Å². The molecule has 2 aliphatic heterocycles. The summed E-state index contributed by atoms with van der Waals surface area (Å²) >= 11 is 3.13. The summed E-state index contributed by atoms with van der Waals surface area (Å²) in [6, 6.07) is 0. The SMILES string of the molecule is C=CCBr.C=CCOC[C@@H]1CCN(C(=O)OC(C)(C)C)C1.CC(C)(C)OC(=O)N1CC[C@@H](CO)C1. The normalized spacial score (nSPS) is 19.7. The van der Waals surface area contributed by atoms with Crippen molar-refractivity contribution >= 4 is 28.1 Å². The quantitative estimate of drug-likeness (QED) is 0.270. The average molecular weight is 564 g/mol. The number of aliphatic hydroxyl groups excluding tert-OH is 1. The van der Waals surface area contributed by atoms with Gasteiger partial charge in [-0.25, -0.2) is 9.59 Å². The molecule has 2 amide bonds. The summed E-state index contributed by atoms with van der Waals surface area (Å²) in [6.07, 6.45) is 4.89. The van der Waals surface area contributed by atoms with Crippen LogP contribution in [0, 0.1) is 11.8 Å². The number of hydrogen-bond donors (Lipinski definition) is 1. The number of nitrogens with zero attached hydrogens (tertiary/aromatic N) is 2. The lowest BCUT2D eigenvalue weighted by molar-refractivity contribution is 0.0269. The lowest BCUT2D eigenvalue weighted by atomic mass is 10.1. The Hall–Kier alpha value is -1.58. The molecule has 35 heavy (non-hydrogen) atoms. The molecule has 0 unspecified atom stereocenters. The molecule has 2 saturated heterocycles. The Bertz CT molecular complexity index is 645. The molecule has 0 aromatic heterocycles. The first-order chi connectivity index (χ1) is 16.3. The molecule has 0 aliphatic carbocycles. The van der Waals surface area contributed by atoms with E-state index in [1.807, 2.05) is 41.5 Å². The minimum absolute atomic E-state index is 0.152. The fourth-order valence-electron chi connectivity index (χ4n) is 3.25. The molecule has 1 N–H and O–H groups in total. The Labute approximate surface area is 220 Å². The number of allylic oxidation sites excluding steroid dienone is 1. The standard InChI is InChI=1S/C13H23NO3.C10H19NO3.C3H5Br/c1-5-8-16-10-11-6-7-14(9-11)12(15)17-13(2,3)4;1-10(2,3)14-9(13)11-5-4-8(6-11)7-12;1-2-3-4/h5,11H,1,6-10H2,2-4H3;8,12H,4-7H2,1-3H3;2H,1,3H2/t11-;8-;/m11./s1. The first-order valence-electron chi connectivity index (χ1n) is 12.2. The summed E-state index contributed by atoms with van der Waals surface area (Å²) in [7, 11) is 0. The van der Waals surface area contributed by atoms with Crippen LogP contribution < -0.4 is 0 Å². The van der Waals surface area contributed by atoms with Crippen molar-refractivity contribution in [1.29, 1.82) is 0 Å². The first-order valence-corrected chi connectivity index (χ1v) is 13.3. The highest BCUT2D eigenvalue weighted by Crippen LogP contribution is 2.20. The van der Waals surface area contributed by atoms with Gasteiger partial charge in [-0.05, 0) is 54.4 Å². The Kier molecular flexibility index (Phi) is 16.2. The Morgan fingerprint density at radius 1 is 0.914 bits per heavy atom. The van der Waals surface area contributed by atoms with Crippen molar-refractivity contribution in [3.63, 3.8) is 0 Å². The van der Waals surface area contributed by atoms with E-state index in [-0.39, 0.29) is 24.7 Å². The van der Waals surface area contributed by atoms with Crippen molar-refractivity contribution in [2.45, 2.75) is 65.6 Å². The highest BCUT2D eigenvalue weighted by atomic mass is 79.9. The Morgan fingerprint density at radius 3 is 1.69 bits per heavy atom. The van der Waals surface area contributed by atoms with Gasteiger partial charge in [-0.2, -0.15) is 0 Å². The minimum atomic E-state index is -0.436. The summed E-state index contributed by atoms with van der Waals surface area (Å²) in [5.41, 5.74) is -0.858. The lowest BCUT2D eigenvalue weighted by Crippen LogP contribution is -2.35. The highest BCUT2D eigenvalue weighted by Gasteiger charge is 2.30.